The summed E-state index contributed by atoms with van der Waals surface area (Å²) in [4.78, 5) is 23.3. The molecule has 0 heterocycles. The van der Waals surface area contributed by atoms with E-state index in [0.29, 0.717) is 23.6 Å². The van der Waals surface area contributed by atoms with Crippen LogP contribution in [0.25, 0.3) is 0 Å². The van der Waals surface area contributed by atoms with Crippen LogP contribution in [0.3, 0.4) is 0 Å². The van der Waals surface area contributed by atoms with Crippen molar-refractivity contribution in [3.05, 3.63) is 0 Å². The van der Waals surface area contributed by atoms with Crippen molar-refractivity contribution in [2.45, 2.75) is 12.1 Å². The summed E-state index contributed by atoms with van der Waals surface area (Å²) in [5.41, 5.74) is 0. The third-order valence-corrected chi connectivity index (χ3v) is 13.0. The molecule has 0 amide bonds. The second-order valence-electron chi connectivity index (χ2n) is 6.32. The van der Waals surface area contributed by atoms with E-state index in [9.17, 15) is 24.9 Å². The Morgan fingerprint density at radius 2 is 1.13 bits per heavy atom. The van der Waals surface area contributed by atoms with Crippen LogP contribution in [0.4, 0.5) is 0 Å². The third kappa shape index (κ3) is 12.0. The molecule has 14 heteroatoms. The average molecular weight is 507 g/mol. The van der Waals surface area contributed by atoms with E-state index in [1.165, 1.54) is 44.9 Å². The molecule has 30 heavy (non-hydrogen) atoms. The van der Waals surface area contributed by atoms with Crippen molar-refractivity contribution in [1.29, 1.82) is 0 Å². The standard InChI is InChI=1S/C16H34O10S2Si2/c1-22-30(23-2,24-3)9-7-28-11-16(21)26-5-4-25-15(20)10-27-6-8-29(12-17,13-18)14-19/h17-19H,4-14H2,1-3H3. The lowest BCUT2D eigenvalue weighted by Crippen LogP contribution is -2.48. The van der Waals surface area contributed by atoms with Crippen molar-refractivity contribution < 1.29 is 47.7 Å². The number of thioether (sulfide) groups is 2. The minimum absolute atomic E-state index is 0.0156. The SMILES string of the molecule is CO[Si](CCSCC(=O)OCCOC(=O)CSCC[Si](CO)(CO)CO)(OC)OC. The third-order valence-electron chi connectivity index (χ3n) is 4.32. The van der Waals surface area contributed by atoms with Crippen LogP contribution in [0.15, 0.2) is 0 Å². The van der Waals surface area contributed by atoms with Gasteiger partial charge < -0.3 is 38.1 Å². The predicted octanol–water partition coefficient (Wildman–Crippen LogP) is -0.539. The number of carbonyl (C=O) groups is 2. The first-order valence-electron chi connectivity index (χ1n) is 9.31. The number of hydrogen-bond acceptors (Lipinski definition) is 12. The highest BCUT2D eigenvalue weighted by molar-refractivity contribution is 8.00. The summed E-state index contributed by atoms with van der Waals surface area (Å²) in [5.74, 6) is 0.598. The highest BCUT2D eigenvalue weighted by atomic mass is 32.2. The van der Waals surface area contributed by atoms with Gasteiger partial charge in [-0.2, -0.15) is 23.5 Å². The lowest BCUT2D eigenvalue weighted by Gasteiger charge is -2.24. The second-order valence-corrected chi connectivity index (χ2v) is 16.1. The van der Waals surface area contributed by atoms with Crippen molar-refractivity contribution >= 4 is 52.3 Å². The highest BCUT2D eigenvalue weighted by Crippen LogP contribution is 2.17. The molecule has 0 atom stereocenters. The number of hydrogen-bond donors (Lipinski definition) is 3. The minimum atomic E-state index is -2.63. The van der Waals surface area contributed by atoms with Gasteiger partial charge in [-0.05, 0) is 17.5 Å². The van der Waals surface area contributed by atoms with E-state index in [2.05, 4.69) is 0 Å². The molecule has 0 saturated heterocycles. The Bertz CT molecular complexity index is 420. The van der Waals surface area contributed by atoms with Crippen LogP contribution in [0, 0.1) is 0 Å². The summed E-state index contributed by atoms with van der Waals surface area (Å²) in [6.45, 7) is -0.0380. The maximum atomic E-state index is 11.7. The molecular formula is C16H34O10S2Si2. The van der Waals surface area contributed by atoms with E-state index in [4.69, 9.17) is 22.8 Å². The van der Waals surface area contributed by atoms with Crippen LogP contribution >= 0.6 is 23.5 Å². The molecule has 0 saturated carbocycles. The van der Waals surface area contributed by atoms with E-state index in [1.807, 2.05) is 0 Å². The van der Waals surface area contributed by atoms with Crippen molar-refractivity contribution in [2.75, 3.05) is 76.2 Å². The molecule has 0 radical (unpaired) electrons. The molecular weight excluding hydrogens is 472 g/mol. The summed E-state index contributed by atoms with van der Waals surface area (Å²) < 4.78 is 25.9. The maximum Gasteiger partial charge on any atom is 0.500 e. The van der Waals surface area contributed by atoms with E-state index < -0.39 is 28.8 Å². The molecule has 178 valence electrons. The first-order chi connectivity index (χ1) is 14.4. The molecule has 0 aliphatic rings. The van der Waals surface area contributed by atoms with Gasteiger partial charge in [0.2, 0.25) is 0 Å². The summed E-state index contributed by atoms with van der Waals surface area (Å²) in [6.07, 6.45) is -0.576. The molecule has 0 fully saturated rings. The minimum Gasteiger partial charge on any atom is -0.461 e. The highest BCUT2D eigenvalue weighted by Gasteiger charge is 2.37. The van der Waals surface area contributed by atoms with E-state index in [0.717, 1.165) is 0 Å². The largest absolute Gasteiger partial charge is 0.500 e. The van der Waals surface area contributed by atoms with Gasteiger partial charge >= 0.3 is 20.7 Å². The number of esters is 2. The lowest BCUT2D eigenvalue weighted by molar-refractivity contribution is -0.148. The topological polar surface area (TPSA) is 141 Å². The Labute approximate surface area is 188 Å². The van der Waals surface area contributed by atoms with Crippen molar-refractivity contribution in [1.82, 2.24) is 0 Å². The number of rotatable bonds is 19. The Hall–Kier alpha value is -0.166. The molecule has 0 unspecified atom stereocenters. The molecule has 3 N–H and O–H groups in total. The molecule has 0 bridgehead atoms. The number of aliphatic hydroxyl groups excluding tert-OH is 3. The maximum absolute atomic E-state index is 11.7. The van der Waals surface area contributed by atoms with E-state index >= 15 is 0 Å². The Morgan fingerprint density at radius 3 is 1.50 bits per heavy atom. The fourth-order valence-electron chi connectivity index (χ4n) is 2.13. The van der Waals surface area contributed by atoms with Crippen molar-refractivity contribution in [3.8, 4) is 0 Å². The number of aliphatic hydroxyl groups is 3. The smallest absolute Gasteiger partial charge is 0.461 e. The quantitative estimate of drug-likeness (QED) is 0.118. The lowest BCUT2D eigenvalue weighted by atomic mass is 10.7. The average Bonchev–Trinajstić information content (AvgIpc) is 2.78. The molecule has 0 spiro atoms. The molecule has 10 nitrogen and oxygen atoms in total. The summed E-state index contributed by atoms with van der Waals surface area (Å²) in [5, 5.41) is 27.9. The van der Waals surface area contributed by atoms with Gasteiger partial charge in [0.15, 0.2) is 0 Å². The van der Waals surface area contributed by atoms with Crippen LogP contribution in [-0.4, -0.2) is 120 Å². The van der Waals surface area contributed by atoms with Crippen LogP contribution < -0.4 is 0 Å². The van der Waals surface area contributed by atoms with Crippen LogP contribution in [0.2, 0.25) is 12.1 Å². The van der Waals surface area contributed by atoms with Gasteiger partial charge in [-0.1, -0.05) is 0 Å². The zero-order valence-electron chi connectivity index (χ0n) is 17.8. The van der Waals surface area contributed by atoms with Gasteiger partial charge in [0.05, 0.1) is 11.5 Å². The zero-order chi connectivity index (χ0) is 22.9. The second kappa shape index (κ2) is 17.4. The van der Waals surface area contributed by atoms with Crippen LogP contribution in [-0.2, 0) is 32.3 Å². The van der Waals surface area contributed by atoms with Crippen LogP contribution in [0.1, 0.15) is 0 Å². The molecule has 0 aromatic heterocycles. The first-order valence-corrected chi connectivity index (χ1v) is 16.4. The van der Waals surface area contributed by atoms with E-state index in [1.54, 1.807) is 0 Å². The monoisotopic (exact) mass is 506 g/mol. The van der Waals surface area contributed by atoms with Crippen molar-refractivity contribution in [2.24, 2.45) is 0 Å². The summed E-state index contributed by atoms with van der Waals surface area (Å²) in [7, 11) is -0.479. The molecule has 0 rings (SSSR count). The van der Waals surface area contributed by atoms with Gasteiger partial charge in [0.1, 0.15) is 21.3 Å². The van der Waals surface area contributed by atoms with Gasteiger partial charge in [0.25, 0.3) is 0 Å². The fraction of sp³-hybridized carbons (Fsp3) is 0.875. The predicted molar refractivity (Wildman–Crippen MR) is 120 cm³/mol. The van der Waals surface area contributed by atoms with Gasteiger partial charge in [0, 0.05) is 46.1 Å². The molecule has 0 aromatic rings. The normalized spacial score (nSPS) is 12.1. The Balaban J connectivity index is 3.79. The molecule has 0 aliphatic heterocycles. The fourth-order valence-corrected chi connectivity index (χ4v) is 8.70. The Morgan fingerprint density at radius 1 is 0.733 bits per heavy atom. The summed E-state index contributed by atoms with van der Waals surface area (Å²) in [6, 6.07) is 1.08. The van der Waals surface area contributed by atoms with Gasteiger partial charge in [-0.25, -0.2) is 0 Å². The Kier molecular flexibility index (Phi) is 17.3. The van der Waals surface area contributed by atoms with E-state index in [-0.39, 0.29) is 43.4 Å². The zero-order valence-corrected chi connectivity index (χ0v) is 21.4. The van der Waals surface area contributed by atoms with Gasteiger partial charge in [-0.3, -0.25) is 9.59 Å². The number of carbonyl (C=O) groups excluding carboxylic acids is 2. The van der Waals surface area contributed by atoms with Gasteiger partial charge in [-0.15, -0.1) is 0 Å². The number of ether oxygens (including phenoxy) is 2. The molecule has 0 aromatic carbocycles. The van der Waals surface area contributed by atoms with Crippen molar-refractivity contribution in [3.63, 3.8) is 0 Å². The van der Waals surface area contributed by atoms with Crippen LogP contribution in [0.5, 0.6) is 0 Å². The first kappa shape index (κ1) is 29.8. The summed E-state index contributed by atoms with van der Waals surface area (Å²) >= 11 is 2.69. The molecule has 0 aliphatic carbocycles.